The monoisotopic (exact) mass is 419 g/mol. The van der Waals surface area contributed by atoms with Crippen LogP contribution in [0.4, 0.5) is 5.69 Å². The molecule has 2 aromatic rings. The Hall–Kier alpha value is -3.16. The van der Waals surface area contributed by atoms with Gasteiger partial charge in [0.05, 0.1) is 28.1 Å². The van der Waals surface area contributed by atoms with Crippen molar-refractivity contribution in [1.82, 2.24) is 4.72 Å². The first-order chi connectivity index (χ1) is 13.5. The third-order valence-electron chi connectivity index (χ3n) is 3.47. The second-order valence-corrected chi connectivity index (χ2v) is 8.73. The number of hydrogen-bond acceptors (Lipinski definition) is 7. The maximum Gasteiger partial charge on any atom is 0.312 e. The van der Waals surface area contributed by atoms with Crippen molar-refractivity contribution in [2.24, 2.45) is 0 Å². The van der Waals surface area contributed by atoms with Crippen LogP contribution in [-0.2, 0) is 10.0 Å². The van der Waals surface area contributed by atoms with E-state index in [1.165, 1.54) is 30.3 Å². The van der Waals surface area contributed by atoms with Gasteiger partial charge in [0.1, 0.15) is 0 Å². The molecule has 154 valence electrons. The normalized spacial score (nSPS) is 11.6. The number of nitrogens with one attached hydrogen (secondary N) is 1. The SMILES string of the molecule is CCOc1cc(C#N)ccc1Oc1ccc(S(=O)(=O)NC(C)(C)C)cc1[N+](=O)[O-]. The van der Waals surface area contributed by atoms with E-state index >= 15 is 0 Å². The van der Waals surface area contributed by atoms with E-state index in [2.05, 4.69) is 4.72 Å². The molecule has 2 aromatic carbocycles. The van der Waals surface area contributed by atoms with Gasteiger partial charge in [-0.15, -0.1) is 0 Å². The molecule has 0 saturated heterocycles. The molecule has 0 unspecified atom stereocenters. The molecule has 2 rings (SSSR count). The molecule has 0 heterocycles. The van der Waals surface area contributed by atoms with Crippen LogP contribution in [0.15, 0.2) is 41.3 Å². The van der Waals surface area contributed by atoms with E-state index in [9.17, 15) is 18.5 Å². The van der Waals surface area contributed by atoms with Gasteiger partial charge in [0, 0.05) is 17.7 Å². The quantitative estimate of drug-likeness (QED) is 0.534. The summed E-state index contributed by atoms with van der Waals surface area (Å²) in [7, 11) is -3.96. The van der Waals surface area contributed by atoms with Gasteiger partial charge in [-0.3, -0.25) is 10.1 Å². The molecule has 0 spiro atoms. The second-order valence-electron chi connectivity index (χ2n) is 7.05. The minimum atomic E-state index is -3.96. The number of nitrogens with zero attached hydrogens (tertiary/aromatic N) is 2. The van der Waals surface area contributed by atoms with Gasteiger partial charge in [-0.25, -0.2) is 13.1 Å². The van der Waals surface area contributed by atoms with E-state index in [0.29, 0.717) is 12.2 Å². The van der Waals surface area contributed by atoms with Gasteiger partial charge in [0.25, 0.3) is 0 Å². The fourth-order valence-electron chi connectivity index (χ4n) is 2.40. The van der Waals surface area contributed by atoms with E-state index < -0.39 is 26.2 Å². The van der Waals surface area contributed by atoms with Crippen LogP contribution in [0, 0.1) is 21.4 Å². The van der Waals surface area contributed by atoms with Crippen LogP contribution in [0.25, 0.3) is 0 Å². The van der Waals surface area contributed by atoms with Gasteiger partial charge in [-0.2, -0.15) is 5.26 Å². The first kappa shape index (κ1) is 22.1. The predicted molar refractivity (Wildman–Crippen MR) is 106 cm³/mol. The van der Waals surface area contributed by atoms with E-state index in [4.69, 9.17) is 14.7 Å². The highest BCUT2D eigenvalue weighted by Gasteiger charge is 2.26. The largest absolute Gasteiger partial charge is 0.490 e. The zero-order valence-corrected chi connectivity index (χ0v) is 17.2. The van der Waals surface area contributed by atoms with E-state index in [1.54, 1.807) is 27.7 Å². The molecular weight excluding hydrogens is 398 g/mol. The molecule has 10 heteroatoms. The standard InChI is InChI=1S/C19H21N3O6S/c1-5-27-18-10-13(12-20)6-8-17(18)28-16-9-7-14(11-15(16)22(23)24)29(25,26)21-19(2,3)4/h6-11,21H,5H2,1-4H3. The number of benzene rings is 2. The van der Waals surface area contributed by atoms with Crippen LogP contribution in [-0.4, -0.2) is 25.5 Å². The smallest absolute Gasteiger partial charge is 0.312 e. The van der Waals surface area contributed by atoms with Gasteiger partial charge < -0.3 is 9.47 Å². The summed E-state index contributed by atoms with van der Waals surface area (Å²) in [4.78, 5) is 10.5. The lowest BCUT2D eigenvalue weighted by Gasteiger charge is -2.20. The van der Waals surface area contributed by atoms with Crippen molar-refractivity contribution in [3.05, 3.63) is 52.1 Å². The van der Waals surface area contributed by atoms with E-state index in [1.807, 2.05) is 6.07 Å². The van der Waals surface area contributed by atoms with Crippen LogP contribution in [0.3, 0.4) is 0 Å². The molecule has 0 aliphatic heterocycles. The molecule has 0 amide bonds. The minimum absolute atomic E-state index is 0.157. The zero-order valence-electron chi connectivity index (χ0n) is 16.4. The van der Waals surface area contributed by atoms with E-state index in [0.717, 1.165) is 6.07 Å². The minimum Gasteiger partial charge on any atom is -0.490 e. The molecule has 0 aliphatic carbocycles. The maximum atomic E-state index is 12.5. The molecule has 0 atom stereocenters. The lowest BCUT2D eigenvalue weighted by Crippen LogP contribution is -2.40. The number of rotatable bonds is 7. The average molecular weight is 419 g/mol. The fraction of sp³-hybridized carbons (Fsp3) is 0.316. The van der Waals surface area contributed by atoms with Gasteiger partial charge in [-0.1, -0.05) is 0 Å². The van der Waals surface area contributed by atoms with E-state index in [-0.39, 0.29) is 22.1 Å². The van der Waals surface area contributed by atoms with Crippen molar-refractivity contribution in [3.63, 3.8) is 0 Å². The summed E-state index contributed by atoms with van der Waals surface area (Å²) in [6, 6.07) is 9.74. The third-order valence-corrected chi connectivity index (χ3v) is 5.23. The Labute approximate surface area is 169 Å². The van der Waals surface area contributed by atoms with Crippen molar-refractivity contribution in [3.8, 4) is 23.3 Å². The van der Waals surface area contributed by atoms with Crippen molar-refractivity contribution in [1.29, 1.82) is 5.26 Å². The summed E-state index contributed by atoms with van der Waals surface area (Å²) in [5, 5.41) is 20.5. The molecule has 0 aromatic heterocycles. The topological polar surface area (TPSA) is 132 Å². The predicted octanol–water partition coefficient (Wildman–Crippen LogP) is 3.73. The summed E-state index contributed by atoms with van der Waals surface area (Å²) in [5.74, 6) is 0.250. The first-order valence-corrected chi connectivity index (χ1v) is 10.1. The Balaban J connectivity index is 2.48. The highest BCUT2D eigenvalue weighted by Crippen LogP contribution is 2.38. The number of nitriles is 1. The Morgan fingerprint density at radius 2 is 1.79 bits per heavy atom. The van der Waals surface area contributed by atoms with Gasteiger partial charge in [0.2, 0.25) is 15.8 Å². The number of nitro benzene ring substituents is 1. The first-order valence-electron chi connectivity index (χ1n) is 8.64. The van der Waals surface area contributed by atoms with Gasteiger partial charge >= 0.3 is 5.69 Å². The van der Waals surface area contributed by atoms with Crippen molar-refractivity contribution in [2.75, 3.05) is 6.61 Å². The van der Waals surface area contributed by atoms with Crippen LogP contribution in [0.2, 0.25) is 0 Å². The Kier molecular flexibility index (Phi) is 6.46. The Morgan fingerprint density at radius 3 is 2.34 bits per heavy atom. The molecule has 1 N–H and O–H groups in total. The average Bonchev–Trinajstić information content (AvgIpc) is 2.61. The van der Waals surface area contributed by atoms with Gasteiger partial charge in [-0.05, 0) is 52.0 Å². The molecule has 0 saturated carbocycles. The molecular formula is C19H21N3O6S. The van der Waals surface area contributed by atoms with Crippen LogP contribution in [0.1, 0.15) is 33.3 Å². The van der Waals surface area contributed by atoms with Crippen LogP contribution >= 0.6 is 0 Å². The molecule has 0 radical (unpaired) electrons. The molecule has 9 nitrogen and oxygen atoms in total. The molecule has 0 bridgehead atoms. The molecule has 0 aliphatic rings. The maximum absolute atomic E-state index is 12.5. The van der Waals surface area contributed by atoms with Crippen molar-refractivity contribution < 1.29 is 22.8 Å². The summed E-state index contributed by atoms with van der Waals surface area (Å²) in [6.07, 6.45) is 0. The summed E-state index contributed by atoms with van der Waals surface area (Å²) in [5.41, 5.74) is -0.934. The fourth-order valence-corrected chi connectivity index (χ4v) is 3.84. The lowest BCUT2D eigenvalue weighted by molar-refractivity contribution is -0.385. The van der Waals surface area contributed by atoms with Gasteiger partial charge in [0.15, 0.2) is 11.5 Å². The summed E-state index contributed by atoms with van der Waals surface area (Å²) in [6.45, 7) is 7.03. The summed E-state index contributed by atoms with van der Waals surface area (Å²) < 4.78 is 38.5. The van der Waals surface area contributed by atoms with Crippen molar-refractivity contribution in [2.45, 2.75) is 38.1 Å². The number of nitro groups is 1. The molecule has 0 fully saturated rings. The van der Waals surface area contributed by atoms with Crippen LogP contribution in [0.5, 0.6) is 17.2 Å². The Morgan fingerprint density at radius 1 is 1.14 bits per heavy atom. The summed E-state index contributed by atoms with van der Waals surface area (Å²) >= 11 is 0. The zero-order chi connectivity index (χ0) is 21.8. The third kappa shape index (κ3) is 5.66. The molecule has 29 heavy (non-hydrogen) atoms. The highest BCUT2D eigenvalue weighted by molar-refractivity contribution is 7.89. The number of sulfonamides is 1. The highest BCUT2D eigenvalue weighted by atomic mass is 32.2. The lowest BCUT2D eigenvalue weighted by atomic mass is 10.1. The van der Waals surface area contributed by atoms with Crippen LogP contribution < -0.4 is 14.2 Å². The number of ether oxygens (including phenoxy) is 2. The number of hydrogen-bond donors (Lipinski definition) is 1. The Bertz CT molecular complexity index is 1070. The van der Waals surface area contributed by atoms with Crippen molar-refractivity contribution >= 4 is 15.7 Å². The second kappa shape index (κ2) is 8.46.